The number of piperazine rings is 1. The van der Waals surface area contributed by atoms with Gasteiger partial charge in [-0.15, -0.1) is 12.4 Å². The lowest BCUT2D eigenvalue weighted by molar-refractivity contribution is 0.0656. The summed E-state index contributed by atoms with van der Waals surface area (Å²) < 4.78 is 0. The van der Waals surface area contributed by atoms with Crippen LogP contribution in [0.1, 0.15) is 17.3 Å². The highest BCUT2D eigenvalue weighted by atomic mass is 35.5. The number of hydrogen-bond donors (Lipinski definition) is 3. The number of carbonyl (C=O) groups is 1. The van der Waals surface area contributed by atoms with Crippen molar-refractivity contribution < 1.29 is 4.79 Å². The Bertz CT molecular complexity index is 814. The molecule has 0 spiro atoms. The van der Waals surface area contributed by atoms with Gasteiger partial charge in [0.05, 0.1) is 11.0 Å². The number of halogens is 1. The summed E-state index contributed by atoms with van der Waals surface area (Å²) in [4.78, 5) is 41.9. The largest absolute Gasteiger partial charge is 0.333 e. The molecule has 1 atom stereocenters. The lowest BCUT2D eigenvalue weighted by Gasteiger charge is -2.34. The molecule has 0 aliphatic carbocycles. The first-order chi connectivity index (χ1) is 10.1. The first kappa shape index (κ1) is 16.3. The Kier molecular flexibility index (Phi) is 4.68. The molecule has 0 saturated carbocycles. The smallest absolute Gasteiger partial charge is 0.314 e. The number of amides is 1. The molecule has 2 heterocycles. The first-order valence-electron chi connectivity index (χ1n) is 6.84. The van der Waals surface area contributed by atoms with Gasteiger partial charge in [0.25, 0.3) is 5.91 Å². The quantitative estimate of drug-likeness (QED) is 0.647. The van der Waals surface area contributed by atoms with Gasteiger partial charge < -0.3 is 20.2 Å². The lowest BCUT2D eigenvalue weighted by atomic mass is 10.1. The number of rotatable bonds is 1. The number of carbonyl (C=O) groups excluding carboxylic acids is 1. The number of nitrogens with one attached hydrogen (secondary N) is 3. The second-order valence-electron chi connectivity index (χ2n) is 5.22. The molecular formula is C14H17ClN4O3. The van der Waals surface area contributed by atoms with Gasteiger partial charge in [-0.2, -0.15) is 0 Å². The summed E-state index contributed by atoms with van der Waals surface area (Å²) in [6.07, 6.45) is 0. The zero-order chi connectivity index (χ0) is 15.0. The van der Waals surface area contributed by atoms with Crippen molar-refractivity contribution in [3.05, 3.63) is 44.5 Å². The van der Waals surface area contributed by atoms with Crippen LogP contribution in [-0.2, 0) is 0 Å². The topological polar surface area (TPSA) is 98.1 Å². The average Bonchev–Trinajstić information content (AvgIpc) is 2.48. The SMILES string of the molecule is C[C@H]1CNCCN1C(=O)c1ccc2[nH]c(=O)c(=O)[nH]c2c1.Cl. The molecule has 22 heavy (non-hydrogen) atoms. The molecule has 118 valence electrons. The maximum atomic E-state index is 12.5. The fourth-order valence-electron chi connectivity index (χ4n) is 2.56. The van der Waals surface area contributed by atoms with E-state index in [9.17, 15) is 14.4 Å². The van der Waals surface area contributed by atoms with Gasteiger partial charge in [0.15, 0.2) is 0 Å². The number of aromatic amines is 2. The summed E-state index contributed by atoms with van der Waals surface area (Å²) >= 11 is 0. The number of H-pyrrole nitrogens is 2. The van der Waals surface area contributed by atoms with Crippen molar-refractivity contribution in [2.75, 3.05) is 19.6 Å². The molecule has 1 amide bonds. The van der Waals surface area contributed by atoms with Crippen LogP contribution in [0.4, 0.5) is 0 Å². The number of fused-ring (bicyclic) bond motifs is 1. The highest BCUT2D eigenvalue weighted by Gasteiger charge is 2.24. The van der Waals surface area contributed by atoms with Gasteiger partial charge in [-0.3, -0.25) is 14.4 Å². The van der Waals surface area contributed by atoms with Crippen molar-refractivity contribution in [2.45, 2.75) is 13.0 Å². The van der Waals surface area contributed by atoms with E-state index in [0.29, 0.717) is 23.1 Å². The molecule has 3 N–H and O–H groups in total. The molecule has 1 aromatic heterocycles. The van der Waals surface area contributed by atoms with E-state index in [4.69, 9.17) is 0 Å². The van der Waals surface area contributed by atoms with E-state index >= 15 is 0 Å². The van der Waals surface area contributed by atoms with E-state index in [2.05, 4.69) is 15.3 Å². The number of benzene rings is 1. The standard InChI is InChI=1S/C14H16N4O3.ClH/c1-8-7-15-4-5-18(8)14(21)9-2-3-10-11(6-9)17-13(20)12(19)16-10;/h2-3,6,8,15H,4-5,7H2,1H3,(H,16,19)(H,17,20);1H/t8-;/m0./s1. The molecule has 7 nitrogen and oxygen atoms in total. The molecular weight excluding hydrogens is 308 g/mol. The Hall–Kier alpha value is -2.12. The molecule has 0 bridgehead atoms. The zero-order valence-corrected chi connectivity index (χ0v) is 12.8. The fourth-order valence-corrected chi connectivity index (χ4v) is 2.56. The van der Waals surface area contributed by atoms with Crippen molar-refractivity contribution >= 4 is 29.3 Å². The Labute approximate surface area is 132 Å². The fraction of sp³-hybridized carbons (Fsp3) is 0.357. The van der Waals surface area contributed by atoms with E-state index in [1.54, 1.807) is 23.1 Å². The van der Waals surface area contributed by atoms with Gasteiger partial charge in [0, 0.05) is 31.2 Å². The van der Waals surface area contributed by atoms with Crippen LogP contribution >= 0.6 is 12.4 Å². The normalized spacial score (nSPS) is 18.0. The number of hydrogen-bond acceptors (Lipinski definition) is 4. The average molecular weight is 325 g/mol. The van der Waals surface area contributed by atoms with Crippen molar-refractivity contribution in [1.29, 1.82) is 0 Å². The van der Waals surface area contributed by atoms with Crippen molar-refractivity contribution in [3.8, 4) is 0 Å². The highest BCUT2D eigenvalue weighted by molar-refractivity contribution is 5.97. The van der Waals surface area contributed by atoms with E-state index in [1.807, 2.05) is 6.92 Å². The molecule has 2 aromatic rings. The maximum Gasteiger partial charge on any atom is 0.314 e. The van der Waals surface area contributed by atoms with Gasteiger partial charge in [0.1, 0.15) is 0 Å². The minimum atomic E-state index is -0.720. The predicted molar refractivity (Wildman–Crippen MR) is 85.8 cm³/mol. The number of aromatic nitrogens is 2. The van der Waals surface area contributed by atoms with Crippen molar-refractivity contribution in [1.82, 2.24) is 20.2 Å². The molecule has 1 aliphatic rings. The van der Waals surface area contributed by atoms with Crippen molar-refractivity contribution in [3.63, 3.8) is 0 Å². The second-order valence-corrected chi connectivity index (χ2v) is 5.22. The Morgan fingerprint density at radius 1 is 1.18 bits per heavy atom. The highest BCUT2D eigenvalue weighted by Crippen LogP contribution is 2.14. The van der Waals surface area contributed by atoms with E-state index in [-0.39, 0.29) is 24.4 Å². The Morgan fingerprint density at radius 2 is 1.86 bits per heavy atom. The van der Waals surface area contributed by atoms with Crippen LogP contribution in [0.3, 0.4) is 0 Å². The van der Waals surface area contributed by atoms with E-state index < -0.39 is 11.1 Å². The predicted octanol–water partition coefficient (Wildman–Crippen LogP) is 0.0721. The first-order valence-corrected chi connectivity index (χ1v) is 6.84. The lowest BCUT2D eigenvalue weighted by Crippen LogP contribution is -2.52. The molecule has 1 fully saturated rings. The molecule has 0 radical (unpaired) electrons. The van der Waals surface area contributed by atoms with Gasteiger partial charge in [-0.25, -0.2) is 0 Å². The van der Waals surface area contributed by atoms with Crippen LogP contribution in [0.5, 0.6) is 0 Å². The van der Waals surface area contributed by atoms with E-state index in [1.165, 1.54) is 0 Å². The van der Waals surface area contributed by atoms with Crippen LogP contribution in [0.15, 0.2) is 27.8 Å². The minimum Gasteiger partial charge on any atom is -0.333 e. The van der Waals surface area contributed by atoms with Crippen molar-refractivity contribution in [2.24, 2.45) is 0 Å². The maximum absolute atomic E-state index is 12.5. The van der Waals surface area contributed by atoms with Crippen LogP contribution < -0.4 is 16.4 Å². The summed E-state index contributed by atoms with van der Waals surface area (Å²) in [7, 11) is 0. The molecule has 1 aromatic carbocycles. The monoisotopic (exact) mass is 324 g/mol. The summed E-state index contributed by atoms with van der Waals surface area (Å²) in [6, 6.07) is 5.01. The van der Waals surface area contributed by atoms with Crippen LogP contribution in [0.2, 0.25) is 0 Å². The van der Waals surface area contributed by atoms with Gasteiger partial charge >= 0.3 is 11.1 Å². The van der Waals surface area contributed by atoms with Crippen LogP contribution in [-0.4, -0.2) is 46.5 Å². The molecule has 3 rings (SSSR count). The summed E-state index contributed by atoms with van der Waals surface area (Å²) in [5, 5.41) is 3.23. The summed E-state index contributed by atoms with van der Waals surface area (Å²) in [5.41, 5.74) is 0.0386. The van der Waals surface area contributed by atoms with Gasteiger partial charge in [-0.1, -0.05) is 0 Å². The van der Waals surface area contributed by atoms with Gasteiger partial charge in [0.2, 0.25) is 0 Å². The minimum absolute atomic E-state index is 0. The number of nitrogens with zero attached hydrogens (tertiary/aromatic N) is 1. The van der Waals surface area contributed by atoms with Crippen LogP contribution in [0, 0.1) is 0 Å². The molecule has 0 unspecified atom stereocenters. The third-order valence-electron chi connectivity index (χ3n) is 3.73. The molecule has 1 aliphatic heterocycles. The van der Waals surface area contributed by atoms with E-state index in [0.717, 1.165) is 13.1 Å². The molecule has 1 saturated heterocycles. The van der Waals surface area contributed by atoms with Gasteiger partial charge in [-0.05, 0) is 25.1 Å². The second kappa shape index (κ2) is 6.33. The third kappa shape index (κ3) is 2.90. The zero-order valence-electron chi connectivity index (χ0n) is 12.0. The molecule has 8 heteroatoms. The summed E-state index contributed by atoms with van der Waals surface area (Å²) in [6.45, 7) is 4.18. The van der Waals surface area contributed by atoms with Crippen LogP contribution in [0.25, 0.3) is 11.0 Å². The third-order valence-corrected chi connectivity index (χ3v) is 3.73. The summed E-state index contributed by atoms with van der Waals surface area (Å²) in [5.74, 6) is -0.0713. The Balaban J connectivity index is 0.00000176. The Morgan fingerprint density at radius 3 is 2.55 bits per heavy atom.